The van der Waals surface area contributed by atoms with Crippen LogP contribution in [-0.2, 0) is 4.74 Å². The van der Waals surface area contributed by atoms with Crippen LogP contribution >= 0.6 is 0 Å². The number of fused-ring (bicyclic) bond motifs is 1. The van der Waals surface area contributed by atoms with E-state index in [1.165, 1.54) is 31.2 Å². The Labute approximate surface area is 164 Å². The first-order valence-corrected chi connectivity index (χ1v) is 10.2. The number of phenols is 1. The highest BCUT2D eigenvalue weighted by molar-refractivity contribution is 5.84. The monoisotopic (exact) mass is 378 g/mol. The van der Waals surface area contributed by atoms with Crippen molar-refractivity contribution >= 4 is 11.0 Å². The Hall–Kier alpha value is -2.44. The Balaban J connectivity index is 1.38. The third kappa shape index (κ3) is 3.27. The summed E-state index contributed by atoms with van der Waals surface area (Å²) in [7, 11) is 0. The molecule has 3 aromatic rings. The summed E-state index contributed by atoms with van der Waals surface area (Å²) in [4.78, 5) is 5.90. The molecule has 1 aliphatic carbocycles. The first-order valence-electron chi connectivity index (χ1n) is 10.2. The molecule has 0 spiro atoms. The molecule has 146 valence electrons. The van der Waals surface area contributed by atoms with Gasteiger partial charge in [-0.3, -0.25) is 4.90 Å². The molecule has 5 rings (SSSR count). The van der Waals surface area contributed by atoms with Gasteiger partial charge in [0.05, 0.1) is 18.9 Å². The number of hydrogen-bond donors (Lipinski definition) is 2. The smallest absolute Gasteiger partial charge is 0.160 e. The number of H-pyrrole nitrogens is 1. The van der Waals surface area contributed by atoms with E-state index in [-0.39, 0.29) is 5.75 Å². The number of ether oxygens (including phenoxy) is 1. The summed E-state index contributed by atoms with van der Waals surface area (Å²) in [6.07, 6.45) is 6.98. The number of morpholine rings is 1. The minimum Gasteiger partial charge on any atom is -0.507 e. The molecule has 0 unspecified atom stereocenters. The summed E-state index contributed by atoms with van der Waals surface area (Å²) in [6.45, 7) is 3.89. The van der Waals surface area contributed by atoms with Crippen molar-refractivity contribution in [2.75, 3.05) is 26.3 Å². The number of benzene rings is 1. The zero-order chi connectivity index (χ0) is 18.9. The fourth-order valence-corrected chi connectivity index (χ4v) is 4.80. The molecule has 1 aliphatic heterocycles. The third-order valence-corrected chi connectivity index (χ3v) is 6.35. The van der Waals surface area contributed by atoms with E-state index in [0.717, 1.165) is 42.9 Å². The lowest BCUT2D eigenvalue weighted by Gasteiger charge is -2.38. The first kappa shape index (κ1) is 17.6. The quantitative estimate of drug-likeness (QED) is 0.727. The standard InChI is InChI=1S/C22H26N4O2/c27-21-4-2-1-3-17(21)20-13-18-19(14-23-22(18)25-24-20)15-5-7-16(8-6-15)26-9-11-28-12-10-26/h1-4,13-16,27H,5-12H2,(H,23,25). The maximum absolute atomic E-state index is 10.2. The maximum atomic E-state index is 10.2. The SMILES string of the molecule is Oc1ccccc1-c1cc2c(C3CCC(N4CCOCC4)CC3)c[nH]c2nn1. The van der Waals surface area contributed by atoms with E-state index >= 15 is 0 Å². The number of nitrogens with one attached hydrogen (secondary N) is 1. The van der Waals surface area contributed by atoms with E-state index < -0.39 is 0 Å². The third-order valence-electron chi connectivity index (χ3n) is 6.35. The van der Waals surface area contributed by atoms with Crippen molar-refractivity contribution < 1.29 is 9.84 Å². The van der Waals surface area contributed by atoms with Crippen LogP contribution in [0.1, 0.15) is 37.2 Å². The van der Waals surface area contributed by atoms with Gasteiger partial charge in [0.1, 0.15) is 5.75 Å². The van der Waals surface area contributed by atoms with E-state index in [2.05, 4.69) is 32.3 Å². The average molecular weight is 378 g/mol. The van der Waals surface area contributed by atoms with Gasteiger partial charge in [0.25, 0.3) is 0 Å². The molecule has 1 saturated carbocycles. The van der Waals surface area contributed by atoms with Gasteiger partial charge in [-0.2, -0.15) is 0 Å². The topological polar surface area (TPSA) is 74.3 Å². The van der Waals surface area contributed by atoms with Crippen molar-refractivity contribution in [1.29, 1.82) is 0 Å². The van der Waals surface area contributed by atoms with Crippen LogP contribution in [0.25, 0.3) is 22.3 Å². The molecular formula is C22H26N4O2. The molecule has 2 N–H and O–H groups in total. The van der Waals surface area contributed by atoms with Gasteiger partial charge in [-0.15, -0.1) is 10.2 Å². The van der Waals surface area contributed by atoms with Gasteiger partial charge in [-0.25, -0.2) is 0 Å². The Morgan fingerprint density at radius 3 is 2.61 bits per heavy atom. The Bertz CT molecular complexity index is 956. The Kier molecular flexibility index (Phi) is 4.74. The normalized spacial score (nSPS) is 23.9. The van der Waals surface area contributed by atoms with Crippen LogP contribution in [0.5, 0.6) is 5.75 Å². The molecule has 2 aromatic heterocycles. The average Bonchev–Trinajstić information content (AvgIpc) is 3.18. The zero-order valence-electron chi connectivity index (χ0n) is 16.0. The van der Waals surface area contributed by atoms with Crippen LogP contribution in [0.15, 0.2) is 36.5 Å². The predicted molar refractivity (Wildman–Crippen MR) is 108 cm³/mol. The van der Waals surface area contributed by atoms with Crippen molar-refractivity contribution in [1.82, 2.24) is 20.1 Å². The minimum atomic E-state index is 0.235. The van der Waals surface area contributed by atoms with E-state index in [9.17, 15) is 5.11 Å². The van der Waals surface area contributed by atoms with Crippen molar-refractivity contribution in [3.8, 4) is 17.0 Å². The van der Waals surface area contributed by atoms with Crippen LogP contribution in [0, 0.1) is 0 Å². The van der Waals surface area contributed by atoms with Gasteiger partial charge in [0.15, 0.2) is 5.65 Å². The van der Waals surface area contributed by atoms with Crippen LogP contribution in [0.2, 0.25) is 0 Å². The molecular weight excluding hydrogens is 352 g/mol. The number of phenolic OH excluding ortho intramolecular Hbond substituents is 1. The fourth-order valence-electron chi connectivity index (χ4n) is 4.80. The van der Waals surface area contributed by atoms with E-state index in [0.29, 0.717) is 17.7 Å². The largest absolute Gasteiger partial charge is 0.507 e. The van der Waals surface area contributed by atoms with Gasteiger partial charge >= 0.3 is 0 Å². The summed E-state index contributed by atoms with van der Waals surface area (Å²) in [5.74, 6) is 0.784. The van der Waals surface area contributed by atoms with Crippen LogP contribution in [-0.4, -0.2) is 57.5 Å². The second-order valence-corrected chi connectivity index (χ2v) is 7.91. The van der Waals surface area contributed by atoms with E-state index in [4.69, 9.17) is 4.74 Å². The Morgan fingerprint density at radius 1 is 1.04 bits per heavy atom. The van der Waals surface area contributed by atoms with Crippen molar-refractivity contribution in [2.24, 2.45) is 0 Å². The molecule has 0 amide bonds. The van der Waals surface area contributed by atoms with Gasteiger partial charge in [0, 0.05) is 36.3 Å². The van der Waals surface area contributed by atoms with Crippen molar-refractivity contribution in [2.45, 2.75) is 37.6 Å². The molecule has 6 nitrogen and oxygen atoms in total. The van der Waals surface area contributed by atoms with Gasteiger partial charge in [-0.1, -0.05) is 12.1 Å². The maximum Gasteiger partial charge on any atom is 0.160 e. The molecule has 6 heteroatoms. The number of hydrogen-bond acceptors (Lipinski definition) is 5. The van der Waals surface area contributed by atoms with E-state index in [1.807, 2.05) is 18.2 Å². The predicted octanol–water partition coefficient (Wildman–Crippen LogP) is 3.69. The second-order valence-electron chi connectivity index (χ2n) is 7.91. The first-order chi connectivity index (χ1) is 13.8. The molecule has 0 bridgehead atoms. The minimum absolute atomic E-state index is 0.235. The molecule has 2 aliphatic rings. The molecule has 1 saturated heterocycles. The number of rotatable bonds is 3. The molecule has 28 heavy (non-hydrogen) atoms. The number of aromatic amines is 1. The molecule has 0 atom stereocenters. The number of aromatic nitrogens is 3. The highest BCUT2D eigenvalue weighted by Crippen LogP contribution is 2.38. The lowest BCUT2D eigenvalue weighted by Crippen LogP contribution is -2.44. The van der Waals surface area contributed by atoms with E-state index in [1.54, 1.807) is 6.07 Å². The number of para-hydroxylation sites is 1. The summed E-state index contributed by atoms with van der Waals surface area (Å²) in [5.41, 5.74) is 3.60. The summed E-state index contributed by atoms with van der Waals surface area (Å²) >= 11 is 0. The van der Waals surface area contributed by atoms with Crippen molar-refractivity contribution in [3.63, 3.8) is 0 Å². The molecule has 0 radical (unpaired) electrons. The Morgan fingerprint density at radius 2 is 1.82 bits per heavy atom. The number of aromatic hydroxyl groups is 1. The number of nitrogens with zero attached hydrogens (tertiary/aromatic N) is 3. The fraction of sp³-hybridized carbons (Fsp3) is 0.455. The van der Waals surface area contributed by atoms with Crippen LogP contribution < -0.4 is 0 Å². The highest BCUT2D eigenvalue weighted by Gasteiger charge is 2.29. The van der Waals surface area contributed by atoms with Crippen LogP contribution in [0.3, 0.4) is 0 Å². The lowest BCUT2D eigenvalue weighted by molar-refractivity contribution is 0.00733. The summed E-state index contributed by atoms with van der Waals surface area (Å²) in [6, 6.07) is 10.1. The molecule has 3 heterocycles. The van der Waals surface area contributed by atoms with Gasteiger partial charge < -0.3 is 14.8 Å². The summed E-state index contributed by atoms with van der Waals surface area (Å²) < 4.78 is 5.50. The van der Waals surface area contributed by atoms with Gasteiger partial charge in [0.2, 0.25) is 0 Å². The van der Waals surface area contributed by atoms with Gasteiger partial charge in [-0.05, 0) is 55.4 Å². The zero-order valence-corrected chi connectivity index (χ0v) is 16.0. The summed E-state index contributed by atoms with van der Waals surface area (Å²) in [5, 5.41) is 20.0. The van der Waals surface area contributed by atoms with Crippen LogP contribution in [0.4, 0.5) is 0 Å². The second kappa shape index (κ2) is 7.53. The molecule has 1 aromatic carbocycles. The lowest BCUT2D eigenvalue weighted by atomic mass is 9.81. The highest BCUT2D eigenvalue weighted by atomic mass is 16.5. The van der Waals surface area contributed by atoms with Crippen molar-refractivity contribution in [3.05, 3.63) is 42.1 Å². The molecule has 2 fully saturated rings.